The average molecular weight is 293 g/mol. The molecule has 114 valence electrons. The van der Waals surface area contributed by atoms with E-state index in [1.54, 1.807) is 26.0 Å². The van der Waals surface area contributed by atoms with Crippen LogP contribution in [-0.2, 0) is 23.9 Å². The van der Waals surface area contributed by atoms with Crippen LogP contribution in [0, 0.1) is 0 Å². The molecule has 0 bridgehead atoms. The molecule has 0 aliphatic rings. The summed E-state index contributed by atoms with van der Waals surface area (Å²) in [5.74, 6) is -1.51. The quantitative estimate of drug-likeness (QED) is 0.252. The van der Waals surface area contributed by atoms with E-state index >= 15 is 0 Å². The van der Waals surface area contributed by atoms with Gasteiger partial charge in [-0.1, -0.05) is 18.2 Å². The highest BCUT2D eigenvalue weighted by atomic mass is 16.7. The van der Waals surface area contributed by atoms with Crippen molar-refractivity contribution in [3.8, 4) is 0 Å². The van der Waals surface area contributed by atoms with Crippen molar-refractivity contribution in [2.75, 3.05) is 25.4 Å². The fraction of sp³-hybridized carbons (Fsp3) is 0.333. The number of para-hydroxylation sites is 1. The van der Waals surface area contributed by atoms with Crippen LogP contribution in [0.1, 0.15) is 13.8 Å². The summed E-state index contributed by atoms with van der Waals surface area (Å²) in [5, 5.41) is 1.29. The Balaban J connectivity index is 3.09. The van der Waals surface area contributed by atoms with Crippen LogP contribution in [0.3, 0.4) is 0 Å². The fourth-order valence-corrected chi connectivity index (χ4v) is 1.53. The van der Waals surface area contributed by atoms with Gasteiger partial charge in [-0.05, 0) is 26.0 Å². The van der Waals surface area contributed by atoms with Crippen LogP contribution in [0.2, 0.25) is 0 Å². The first-order valence-electron chi connectivity index (χ1n) is 6.58. The van der Waals surface area contributed by atoms with Gasteiger partial charge >= 0.3 is 11.9 Å². The highest BCUT2D eigenvalue weighted by molar-refractivity contribution is 6.14. The van der Waals surface area contributed by atoms with Crippen molar-refractivity contribution in [2.45, 2.75) is 13.8 Å². The number of hydrogen-bond donors (Lipinski definition) is 0. The third-order valence-electron chi connectivity index (χ3n) is 2.44. The lowest BCUT2D eigenvalue weighted by molar-refractivity contribution is -0.146. The standard InChI is InChI=1S/C15H19NO5/c1-4-20-14(17)13(15(18)21-5-2)11-16(19-3)12-9-7-6-8-10-12/h6-11H,4-5H2,1-3H3. The summed E-state index contributed by atoms with van der Waals surface area (Å²) in [6.07, 6.45) is 1.26. The molecule has 1 aromatic rings. The van der Waals surface area contributed by atoms with Crippen LogP contribution in [0.15, 0.2) is 42.1 Å². The molecule has 0 amide bonds. The summed E-state index contributed by atoms with van der Waals surface area (Å²) in [6.45, 7) is 3.64. The van der Waals surface area contributed by atoms with E-state index in [1.807, 2.05) is 18.2 Å². The molecule has 1 aromatic carbocycles. The minimum Gasteiger partial charge on any atom is -0.462 e. The summed E-state index contributed by atoms with van der Waals surface area (Å²) in [7, 11) is 1.43. The van der Waals surface area contributed by atoms with Crippen LogP contribution >= 0.6 is 0 Å². The maximum atomic E-state index is 11.9. The first-order valence-corrected chi connectivity index (χ1v) is 6.58. The average Bonchev–Trinajstić information content (AvgIpc) is 2.49. The predicted octanol–water partition coefficient (Wildman–Crippen LogP) is 2.06. The van der Waals surface area contributed by atoms with E-state index in [0.717, 1.165) is 0 Å². The topological polar surface area (TPSA) is 65.1 Å². The number of benzene rings is 1. The number of rotatable bonds is 7. The Kier molecular flexibility index (Phi) is 6.97. The van der Waals surface area contributed by atoms with E-state index in [-0.39, 0.29) is 18.8 Å². The van der Waals surface area contributed by atoms with E-state index in [9.17, 15) is 9.59 Å². The zero-order valence-electron chi connectivity index (χ0n) is 12.4. The van der Waals surface area contributed by atoms with Gasteiger partial charge in [0.25, 0.3) is 0 Å². The molecule has 0 radical (unpaired) electrons. The molecule has 0 saturated heterocycles. The van der Waals surface area contributed by atoms with Gasteiger partial charge in [0.05, 0.1) is 32.2 Å². The molecule has 0 fully saturated rings. The van der Waals surface area contributed by atoms with Crippen molar-refractivity contribution in [2.24, 2.45) is 0 Å². The summed E-state index contributed by atoms with van der Waals surface area (Å²) in [5.41, 5.74) is 0.426. The monoisotopic (exact) mass is 293 g/mol. The van der Waals surface area contributed by atoms with Crippen molar-refractivity contribution in [1.29, 1.82) is 0 Å². The van der Waals surface area contributed by atoms with E-state index in [0.29, 0.717) is 5.69 Å². The van der Waals surface area contributed by atoms with Crippen LogP contribution < -0.4 is 5.06 Å². The van der Waals surface area contributed by atoms with Gasteiger partial charge < -0.3 is 9.47 Å². The van der Waals surface area contributed by atoms with Gasteiger partial charge in [-0.15, -0.1) is 0 Å². The second-order valence-electron chi connectivity index (χ2n) is 3.83. The Morgan fingerprint density at radius 2 is 1.57 bits per heavy atom. The number of hydrogen-bond acceptors (Lipinski definition) is 6. The van der Waals surface area contributed by atoms with Crippen molar-refractivity contribution >= 4 is 17.6 Å². The van der Waals surface area contributed by atoms with Crippen LogP contribution in [0.25, 0.3) is 0 Å². The van der Waals surface area contributed by atoms with E-state index < -0.39 is 11.9 Å². The molecule has 0 atom stereocenters. The Bertz CT molecular complexity index is 478. The molecular weight excluding hydrogens is 274 g/mol. The van der Waals surface area contributed by atoms with Gasteiger partial charge in [-0.2, -0.15) is 0 Å². The maximum Gasteiger partial charge on any atom is 0.347 e. The van der Waals surface area contributed by atoms with Gasteiger partial charge in [0.1, 0.15) is 0 Å². The number of anilines is 1. The molecule has 0 aliphatic carbocycles. The zero-order valence-corrected chi connectivity index (χ0v) is 12.4. The summed E-state index contributed by atoms with van der Waals surface area (Å²) in [6, 6.07) is 9.01. The van der Waals surface area contributed by atoms with Crippen molar-refractivity contribution in [1.82, 2.24) is 0 Å². The normalized spacial score (nSPS) is 9.67. The summed E-state index contributed by atoms with van der Waals surface area (Å²) in [4.78, 5) is 28.9. The van der Waals surface area contributed by atoms with Crippen molar-refractivity contribution in [3.05, 3.63) is 42.1 Å². The highest BCUT2D eigenvalue weighted by Crippen LogP contribution is 2.16. The third kappa shape index (κ3) is 4.92. The molecule has 1 rings (SSSR count). The molecule has 21 heavy (non-hydrogen) atoms. The Morgan fingerprint density at radius 3 is 2.00 bits per heavy atom. The molecule has 0 unspecified atom stereocenters. The first kappa shape index (κ1) is 16.7. The van der Waals surface area contributed by atoms with Crippen LogP contribution in [-0.4, -0.2) is 32.3 Å². The lowest BCUT2D eigenvalue weighted by atomic mass is 10.2. The van der Waals surface area contributed by atoms with Crippen LogP contribution in [0.4, 0.5) is 5.69 Å². The van der Waals surface area contributed by atoms with Gasteiger partial charge in [0, 0.05) is 0 Å². The largest absolute Gasteiger partial charge is 0.462 e. The SMILES string of the molecule is CCOC(=O)C(=CN(OC)c1ccccc1)C(=O)OCC. The van der Waals surface area contributed by atoms with Gasteiger partial charge in [0.15, 0.2) is 5.57 Å². The number of ether oxygens (including phenoxy) is 2. The lowest BCUT2D eigenvalue weighted by Crippen LogP contribution is -2.23. The Hall–Kier alpha value is -2.34. The number of hydroxylamine groups is 1. The molecule has 6 nitrogen and oxygen atoms in total. The summed E-state index contributed by atoms with van der Waals surface area (Å²) < 4.78 is 9.72. The zero-order chi connectivity index (χ0) is 15.7. The van der Waals surface area contributed by atoms with Gasteiger partial charge in [0.2, 0.25) is 0 Å². The second-order valence-corrected chi connectivity index (χ2v) is 3.83. The van der Waals surface area contributed by atoms with Crippen molar-refractivity contribution in [3.63, 3.8) is 0 Å². The number of carbonyl (C=O) groups is 2. The van der Waals surface area contributed by atoms with E-state index in [1.165, 1.54) is 18.4 Å². The molecule has 0 aliphatic heterocycles. The maximum absolute atomic E-state index is 11.9. The number of esters is 2. The Morgan fingerprint density at radius 1 is 1.05 bits per heavy atom. The fourth-order valence-electron chi connectivity index (χ4n) is 1.53. The van der Waals surface area contributed by atoms with Crippen molar-refractivity contribution < 1.29 is 23.9 Å². The molecule has 0 saturated carbocycles. The first-order chi connectivity index (χ1) is 10.1. The highest BCUT2D eigenvalue weighted by Gasteiger charge is 2.23. The minimum absolute atomic E-state index is 0.161. The minimum atomic E-state index is -0.756. The molecule has 0 heterocycles. The smallest absolute Gasteiger partial charge is 0.347 e. The second kappa shape index (κ2) is 8.76. The Labute approximate surface area is 123 Å². The van der Waals surface area contributed by atoms with Gasteiger partial charge in [-0.3, -0.25) is 4.84 Å². The molecule has 0 aromatic heterocycles. The van der Waals surface area contributed by atoms with Crippen LogP contribution in [0.5, 0.6) is 0 Å². The van der Waals surface area contributed by atoms with E-state index in [4.69, 9.17) is 14.3 Å². The third-order valence-corrected chi connectivity index (χ3v) is 2.44. The predicted molar refractivity (Wildman–Crippen MR) is 77.3 cm³/mol. The lowest BCUT2D eigenvalue weighted by Gasteiger charge is -2.18. The number of carbonyl (C=O) groups excluding carboxylic acids is 2. The summed E-state index contributed by atoms with van der Waals surface area (Å²) >= 11 is 0. The molecular formula is C15H19NO5. The molecule has 0 N–H and O–H groups in total. The van der Waals surface area contributed by atoms with Gasteiger partial charge in [-0.25, -0.2) is 14.7 Å². The molecule has 6 heteroatoms. The van der Waals surface area contributed by atoms with E-state index in [2.05, 4.69) is 0 Å². The number of nitrogens with zero attached hydrogens (tertiary/aromatic N) is 1. The molecule has 0 spiro atoms.